The Hall–Kier alpha value is -1.75. The monoisotopic (exact) mass is 469 g/mol. The molecule has 1 aliphatic rings. The number of nitrogens with zero attached hydrogens (tertiary/aromatic N) is 4. The zero-order chi connectivity index (χ0) is 23.0. The summed E-state index contributed by atoms with van der Waals surface area (Å²) in [6.07, 6.45) is 1.80. The second-order valence-electron chi connectivity index (χ2n) is 9.32. The second kappa shape index (κ2) is 9.01. The zero-order valence-corrected chi connectivity index (χ0v) is 20.7. The number of nitrogens with two attached hydrogens (primary N) is 1. The minimum Gasteiger partial charge on any atom is -0.466 e. The van der Waals surface area contributed by atoms with Crippen molar-refractivity contribution >= 4 is 42.9 Å². The van der Waals surface area contributed by atoms with Crippen molar-refractivity contribution in [3.63, 3.8) is 0 Å². The van der Waals surface area contributed by atoms with E-state index in [-0.39, 0.29) is 35.3 Å². The number of esters is 1. The Morgan fingerprint density at radius 1 is 1.32 bits per heavy atom. The van der Waals surface area contributed by atoms with E-state index in [2.05, 4.69) is 48.8 Å². The maximum Gasteiger partial charge on any atom is 0.306 e. The van der Waals surface area contributed by atoms with Crippen molar-refractivity contribution < 1.29 is 18.7 Å². The first-order valence-electron chi connectivity index (χ1n) is 10.5. The van der Waals surface area contributed by atoms with E-state index in [1.165, 1.54) is 6.33 Å². The van der Waals surface area contributed by atoms with Crippen molar-refractivity contribution in [3.8, 4) is 0 Å². The minimum atomic E-state index is -2.22. The van der Waals surface area contributed by atoms with Crippen LogP contribution < -0.4 is 5.73 Å². The van der Waals surface area contributed by atoms with E-state index in [1.807, 2.05) is 0 Å². The van der Waals surface area contributed by atoms with E-state index in [9.17, 15) is 4.79 Å². The molecule has 9 nitrogen and oxygen atoms in total. The summed E-state index contributed by atoms with van der Waals surface area (Å²) in [5.41, 5.74) is 7.01. The predicted octanol–water partition coefficient (Wildman–Crippen LogP) is 3.50. The Morgan fingerprint density at radius 2 is 2.03 bits per heavy atom. The molecule has 3 rings (SSSR count). The zero-order valence-electron chi connectivity index (χ0n) is 19.0. The number of imidazole rings is 1. The summed E-state index contributed by atoms with van der Waals surface area (Å²) in [6, 6.07) is 0. The van der Waals surface area contributed by atoms with Crippen LogP contribution in [0.15, 0.2) is 12.7 Å². The molecular weight excluding hydrogens is 438 g/mol. The number of hydrogen-bond donors (Lipinski definition) is 1. The molecule has 2 N–H and O–H groups in total. The van der Waals surface area contributed by atoms with Gasteiger partial charge in [-0.05, 0) is 25.1 Å². The van der Waals surface area contributed by atoms with Gasteiger partial charge in [-0.25, -0.2) is 15.0 Å². The number of anilines is 1. The lowest BCUT2D eigenvalue weighted by Crippen LogP contribution is -2.47. The molecule has 2 aromatic heterocycles. The van der Waals surface area contributed by atoms with Gasteiger partial charge in [0.1, 0.15) is 11.8 Å². The molecule has 2 unspecified atom stereocenters. The van der Waals surface area contributed by atoms with E-state index in [0.29, 0.717) is 23.6 Å². The third-order valence-electron chi connectivity index (χ3n) is 6.25. The van der Waals surface area contributed by atoms with Gasteiger partial charge in [-0.1, -0.05) is 20.8 Å². The first kappa shape index (κ1) is 23.9. The van der Waals surface area contributed by atoms with Crippen molar-refractivity contribution in [1.82, 2.24) is 19.5 Å². The van der Waals surface area contributed by atoms with Gasteiger partial charge in [-0.2, -0.15) is 0 Å². The molecule has 0 amide bonds. The molecule has 1 saturated heterocycles. The third kappa shape index (κ3) is 4.71. The molecule has 3 heterocycles. The van der Waals surface area contributed by atoms with Crippen LogP contribution in [0.3, 0.4) is 0 Å². The van der Waals surface area contributed by atoms with E-state index in [0.717, 1.165) is 0 Å². The highest BCUT2D eigenvalue weighted by Crippen LogP contribution is 2.45. The van der Waals surface area contributed by atoms with Crippen molar-refractivity contribution in [1.29, 1.82) is 0 Å². The fraction of sp³-hybridized carbons (Fsp3) is 0.700. The topological polar surface area (TPSA) is 114 Å². The molecule has 0 radical (unpaired) electrons. The highest BCUT2D eigenvalue weighted by molar-refractivity contribution is 6.74. The van der Waals surface area contributed by atoms with Crippen LogP contribution in [-0.4, -0.2) is 58.5 Å². The highest BCUT2D eigenvalue weighted by Gasteiger charge is 2.51. The lowest BCUT2D eigenvalue weighted by atomic mass is 9.95. The van der Waals surface area contributed by atoms with E-state index >= 15 is 0 Å². The van der Waals surface area contributed by atoms with Crippen LogP contribution in [0.2, 0.25) is 18.1 Å². The summed E-state index contributed by atoms with van der Waals surface area (Å²) in [7, 11) is -2.22. The van der Waals surface area contributed by atoms with Gasteiger partial charge >= 0.3 is 5.97 Å². The third-order valence-corrected chi connectivity index (χ3v) is 11.0. The Labute approximate surface area is 188 Å². The van der Waals surface area contributed by atoms with Gasteiger partial charge in [0.15, 0.2) is 26.0 Å². The van der Waals surface area contributed by atoms with Crippen LogP contribution in [-0.2, 0) is 18.7 Å². The average Bonchev–Trinajstić information content (AvgIpc) is 3.23. The number of nitrogen functional groups attached to an aromatic ring is 1. The fourth-order valence-electron chi connectivity index (χ4n) is 3.53. The van der Waals surface area contributed by atoms with Crippen LogP contribution in [0.25, 0.3) is 11.2 Å². The van der Waals surface area contributed by atoms with Gasteiger partial charge in [-0.15, -0.1) is 11.6 Å². The maximum absolute atomic E-state index is 12.4. The second-order valence-corrected chi connectivity index (χ2v) is 14.4. The van der Waals surface area contributed by atoms with Crippen LogP contribution in [0.5, 0.6) is 0 Å². The van der Waals surface area contributed by atoms with Crippen LogP contribution in [0, 0.1) is 5.92 Å². The van der Waals surface area contributed by atoms with Gasteiger partial charge in [0.05, 0.1) is 31.6 Å². The Balaban J connectivity index is 2.05. The summed E-state index contributed by atoms with van der Waals surface area (Å²) in [6.45, 7) is 13.0. The van der Waals surface area contributed by atoms with Crippen LogP contribution in [0.4, 0.5) is 5.82 Å². The van der Waals surface area contributed by atoms with Gasteiger partial charge in [0.25, 0.3) is 0 Å². The average molecular weight is 470 g/mol. The highest BCUT2D eigenvalue weighted by atomic mass is 35.5. The number of alkyl halides is 1. The van der Waals surface area contributed by atoms with Crippen LogP contribution in [0.1, 0.15) is 40.3 Å². The summed E-state index contributed by atoms with van der Waals surface area (Å²) in [5, 5.41) is -0.0331. The summed E-state index contributed by atoms with van der Waals surface area (Å²) >= 11 is 6.27. The molecule has 4 atom stereocenters. The number of halogens is 1. The summed E-state index contributed by atoms with van der Waals surface area (Å²) in [4.78, 5) is 25.1. The number of aromatic nitrogens is 4. The molecule has 0 aliphatic carbocycles. The summed E-state index contributed by atoms with van der Waals surface area (Å²) in [5.74, 6) is -0.0487. The smallest absolute Gasteiger partial charge is 0.306 e. The van der Waals surface area contributed by atoms with Crippen molar-refractivity contribution in [2.75, 3.05) is 18.2 Å². The van der Waals surface area contributed by atoms with Gasteiger partial charge < -0.3 is 19.6 Å². The lowest BCUT2D eigenvalue weighted by Gasteiger charge is -2.40. The molecule has 172 valence electrons. The molecule has 0 saturated carbocycles. The molecule has 1 aliphatic heterocycles. The summed E-state index contributed by atoms with van der Waals surface area (Å²) < 4.78 is 20.2. The van der Waals surface area contributed by atoms with Gasteiger partial charge in [0, 0.05) is 11.8 Å². The van der Waals surface area contributed by atoms with Crippen molar-refractivity contribution in [2.45, 2.75) is 70.7 Å². The van der Waals surface area contributed by atoms with Crippen LogP contribution >= 0.6 is 11.6 Å². The molecule has 0 spiro atoms. The quantitative estimate of drug-likeness (QED) is 0.372. The predicted molar refractivity (Wildman–Crippen MR) is 121 cm³/mol. The number of carbonyl (C=O) groups is 1. The largest absolute Gasteiger partial charge is 0.466 e. The molecule has 0 aromatic carbocycles. The van der Waals surface area contributed by atoms with Gasteiger partial charge in [-0.3, -0.25) is 9.36 Å². The molecule has 1 fully saturated rings. The Kier molecular flexibility index (Phi) is 6.95. The molecule has 11 heteroatoms. The minimum absolute atomic E-state index is 0.0331. The Bertz CT molecular complexity index is 932. The number of hydrogen-bond acceptors (Lipinski definition) is 8. The normalized spacial score (nSPS) is 24.6. The number of ether oxygens (including phenoxy) is 2. The Morgan fingerprint density at radius 3 is 2.65 bits per heavy atom. The van der Waals surface area contributed by atoms with E-state index < -0.39 is 20.6 Å². The molecule has 2 aromatic rings. The van der Waals surface area contributed by atoms with E-state index in [1.54, 1.807) is 17.8 Å². The van der Waals surface area contributed by atoms with Gasteiger partial charge in [0.2, 0.25) is 0 Å². The van der Waals surface area contributed by atoms with E-state index in [4.69, 9.17) is 31.2 Å². The number of carbonyl (C=O) groups excluding carboxylic acids is 1. The first-order chi connectivity index (χ1) is 14.5. The molecular formula is C20H32ClN5O4Si. The molecule has 31 heavy (non-hydrogen) atoms. The van der Waals surface area contributed by atoms with Crippen molar-refractivity contribution in [3.05, 3.63) is 12.7 Å². The maximum atomic E-state index is 12.4. The van der Waals surface area contributed by atoms with Crippen molar-refractivity contribution in [2.24, 2.45) is 5.92 Å². The number of fused-ring (bicyclic) bond motifs is 1. The fourth-order valence-corrected chi connectivity index (χ4v) is 5.16. The standard InChI is InChI=1S/C20H32ClN5O4Si/c1-7-28-14(27)8-12-13(9-21)29-19(16(12)30-31(5,6)20(2,3)4)26-11-25-15-17(22)23-10-24-18(15)26/h10-13,16,19H,7-9H2,1-6H3,(H2,22,23,24)/t12?,13-,16?,19-/m1/s1. The SMILES string of the molecule is CCOC(=O)CC1C(O[Si](C)(C)C(C)(C)C)[C@H](n2cnc3c(N)ncnc32)O[C@@H]1CCl. The number of rotatable bonds is 7. The molecule has 0 bridgehead atoms. The first-order valence-corrected chi connectivity index (χ1v) is 13.9. The lowest BCUT2D eigenvalue weighted by molar-refractivity contribution is -0.145.